The third-order valence-electron chi connectivity index (χ3n) is 1.89. The average molecular weight is 273 g/mol. The zero-order valence-electron chi connectivity index (χ0n) is 8.71. The van der Waals surface area contributed by atoms with Crippen LogP contribution in [0.25, 0.3) is 0 Å². The minimum atomic E-state index is -1.25. The SMILES string of the molecule is O=[N+]([O-])Nc1c([N+](=O)[O-])cc([N+](=O)[O-])cc1[N+](=O)[O-]. The molecular formula is C6H3N5O8. The Morgan fingerprint density at radius 2 is 1.21 bits per heavy atom. The molecule has 0 fully saturated rings. The number of nitro groups is 4. The highest BCUT2D eigenvalue weighted by Crippen LogP contribution is 2.38. The second-order valence-electron chi connectivity index (χ2n) is 3.00. The topological polar surface area (TPSA) is 185 Å². The summed E-state index contributed by atoms with van der Waals surface area (Å²) in [5.41, 5.74) is -2.96. The van der Waals surface area contributed by atoms with Crippen LogP contribution >= 0.6 is 0 Å². The molecule has 1 aromatic carbocycles. The lowest BCUT2D eigenvalue weighted by atomic mass is 10.2. The van der Waals surface area contributed by atoms with Crippen molar-refractivity contribution in [3.63, 3.8) is 0 Å². The van der Waals surface area contributed by atoms with Crippen molar-refractivity contribution in [3.8, 4) is 0 Å². The van der Waals surface area contributed by atoms with E-state index < -0.39 is 42.6 Å². The number of nitrogens with one attached hydrogen (secondary N) is 1. The van der Waals surface area contributed by atoms with Crippen molar-refractivity contribution in [1.82, 2.24) is 0 Å². The quantitative estimate of drug-likeness (QED) is 0.603. The number of hydrogen-bond donors (Lipinski definition) is 1. The minimum absolute atomic E-state index is 0.388. The van der Waals surface area contributed by atoms with E-state index in [0.29, 0.717) is 12.1 Å². The number of anilines is 1. The van der Waals surface area contributed by atoms with E-state index in [9.17, 15) is 40.5 Å². The van der Waals surface area contributed by atoms with Gasteiger partial charge in [-0.05, 0) is 0 Å². The van der Waals surface area contributed by atoms with Gasteiger partial charge in [-0.1, -0.05) is 5.43 Å². The fraction of sp³-hybridized carbons (Fsp3) is 0. The van der Waals surface area contributed by atoms with Crippen molar-refractivity contribution in [1.29, 1.82) is 0 Å². The van der Waals surface area contributed by atoms with Crippen molar-refractivity contribution in [2.45, 2.75) is 0 Å². The summed E-state index contributed by atoms with van der Waals surface area (Å²) in [6, 6.07) is 0.775. The number of hydrogen-bond acceptors (Lipinski definition) is 8. The van der Waals surface area contributed by atoms with Crippen LogP contribution in [0.15, 0.2) is 12.1 Å². The first-order chi connectivity index (χ1) is 8.73. The Labute approximate surface area is 102 Å². The van der Waals surface area contributed by atoms with Crippen LogP contribution in [0, 0.1) is 40.5 Å². The first kappa shape index (κ1) is 13.7. The smallest absolute Gasteiger partial charge is 0.258 e. The molecule has 0 saturated carbocycles. The second-order valence-corrected chi connectivity index (χ2v) is 3.00. The molecule has 0 aliphatic heterocycles. The van der Waals surface area contributed by atoms with E-state index in [1.807, 2.05) is 0 Å². The second kappa shape index (κ2) is 4.86. The van der Waals surface area contributed by atoms with Crippen LogP contribution in [-0.2, 0) is 0 Å². The molecule has 0 heterocycles. The highest BCUT2D eigenvalue weighted by atomic mass is 16.7. The molecule has 0 radical (unpaired) electrons. The Morgan fingerprint density at radius 3 is 1.47 bits per heavy atom. The molecular weight excluding hydrogens is 270 g/mol. The van der Waals surface area contributed by atoms with Crippen molar-refractivity contribution < 1.29 is 19.8 Å². The van der Waals surface area contributed by atoms with Crippen LogP contribution in [0.3, 0.4) is 0 Å². The van der Waals surface area contributed by atoms with Crippen molar-refractivity contribution in [2.75, 3.05) is 5.43 Å². The molecule has 13 nitrogen and oxygen atoms in total. The number of hydrazine groups is 1. The molecule has 0 amide bonds. The summed E-state index contributed by atoms with van der Waals surface area (Å²) in [7, 11) is 0. The van der Waals surface area contributed by atoms with Gasteiger partial charge in [0.2, 0.25) is 0 Å². The highest BCUT2D eigenvalue weighted by molar-refractivity contribution is 5.76. The van der Waals surface area contributed by atoms with Crippen molar-refractivity contribution >= 4 is 22.7 Å². The first-order valence-electron chi connectivity index (χ1n) is 4.26. The van der Waals surface area contributed by atoms with E-state index in [4.69, 9.17) is 0 Å². The van der Waals surface area contributed by atoms with Gasteiger partial charge in [0.15, 0.2) is 5.03 Å². The molecule has 0 bridgehead atoms. The van der Waals surface area contributed by atoms with Gasteiger partial charge in [-0.15, -0.1) is 0 Å². The van der Waals surface area contributed by atoms with E-state index in [2.05, 4.69) is 0 Å². The molecule has 0 aliphatic carbocycles. The van der Waals surface area contributed by atoms with Gasteiger partial charge in [0, 0.05) is 0 Å². The Morgan fingerprint density at radius 1 is 0.789 bits per heavy atom. The molecule has 19 heavy (non-hydrogen) atoms. The fourth-order valence-corrected chi connectivity index (χ4v) is 1.20. The molecule has 100 valence electrons. The maximum absolute atomic E-state index is 10.7. The zero-order chi connectivity index (χ0) is 14.7. The average Bonchev–Trinajstić information content (AvgIpc) is 2.27. The molecule has 13 heteroatoms. The van der Waals surface area contributed by atoms with E-state index >= 15 is 0 Å². The van der Waals surface area contributed by atoms with Gasteiger partial charge < -0.3 is 0 Å². The summed E-state index contributed by atoms with van der Waals surface area (Å²) < 4.78 is 0. The minimum Gasteiger partial charge on any atom is -0.258 e. The Hall–Kier alpha value is -3.38. The molecule has 0 aromatic heterocycles. The summed E-state index contributed by atoms with van der Waals surface area (Å²) in [5, 5.41) is 40.8. The number of benzene rings is 1. The molecule has 0 spiro atoms. The third kappa shape index (κ3) is 2.84. The van der Waals surface area contributed by atoms with Gasteiger partial charge in [0.05, 0.1) is 26.9 Å². The molecule has 1 N–H and O–H groups in total. The predicted octanol–water partition coefficient (Wildman–Crippen LogP) is 1.01. The number of nitrogens with zero attached hydrogens (tertiary/aromatic N) is 4. The lowest BCUT2D eigenvalue weighted by Crippen LogP contribution is -2.12. The van der Waals surface area contributed by atoms with Crippen LogP contribution < -0.4 is 5.43 Å². The Bertz CT molecular complexity index is 562. The monoisotopic (exact) mass is 273 g/mol. The fourth-order valence-electron chi connectivity index (χ4n) is 1.20. The molecule has 0 unspecified atom stereocenters. The van der Waals surface area contributed by atoms with Crippen LogP contribution in [0.1, 0.15) is 0 Å². The van der Waals surface area contributed by atoms with E-state index in [-0.39, 0.29) is 0 Å². The summed E-state index contributed by atoms with van der Waals surface area (Å²) in [6.07, 6.45) is 0. The van der Waals surface area contributed by atoms with Gasteiger partial charge in [0.25, 0.3) is 11.4 Å². The first-order valence-corrected chi connectivity index (χ1v) is 4.26. The van der Waals surface area contributed by atoms with Crippen molar-refractivity contribution in [3.05, 3.63) is 52.6 Å². The van der Waals surface area contributed by atoms with Gasteiger partial charge in [0.1, 0.15) is 0 Å². The Kier molecular flexibility index (Phi) is 3.50. The third-order valence-corrected chi connectivity index (χ3v) is 1.89. The molecule has 0 saturated heterocycles. The van der Waals surface area contributed by atoms with Gasteiger partial charge in [-0.25, -0.2) is 10.1 Å². The lowest BCUT2D eigenvalue weighted by molar-refractivity contribution is -0.449. The maximum atomic E-state index is 10.7. The predicted molar refractivity (Wildman–Crippen MR) is 57.0 cm³/mol. The normalized spacial score (nSPS) is 9.68. The van der Waals surface area contributed by atoms with Crippen molar-refractivity contribution in [2.24, 2.45) is 0 Å². The summed E-state index contributed by atoms with van der Waals surface area (Å²) in [6.45, 7) is 0. The molecule has 0 atom stereocenters. The van der Waals surface area contributed by atoms with Crippen LogP contribution in [0.2, 0.25) is 0 Å². The number of rotatable bonds is 5. The van der Waals surface area contributed by atoms with Gasteiger partial charge >= 0.3 is 11.4 Å². The molecule has 0 aliphatic rings. The summed E-state index contributed by atoms with van der Waals surface area (Å²) in [5.74, 6) is 0. The van der Waals surface area contributed by atoms with Gasteiger partial charge in [-0.2, -0.15) is 0 Å². The van der Waals surface area contributed by atoms with Crippen LogP contribution in [0.5, 0.6) is 0 Å². The number of non-ortho nitro benzene ring substituents is 1. The molecule has 1 rings (SSSR count). The highest BCUT2D eigenvalue weighted by Gasteiger charge is 2.33. The summed E-state index contributed by atoms with van der Waals surface area (Å²) >= 11 is 0. The van der Waals surface area contributed by atoms with Crippen LogP contribution in [-0.4, -0.2) is 19.8 Å². The lowest BCUT2D eigenvalue weighted by Gasteiger charge is -2.01. The zero-order valence-corrected chi connectivity index (χ0v) is 8.71. The van der Waals surface area contributed by atoms with E-state index in [1.165, 1.54) is 5.43 Å². The van der Waals surface area contributed by atoms with E-state index in [1.54, 1.807) is 0 Å². The largest absolute Gasteiger partial charge is 0.312 e. The van der Waals surface area contributed by atoms with E-state index in [0.717, 1.165) is 0 Å². The number of nitro benzene ring substituents is 3. The standard InChI is InChI=1S/C6H3N5O8/c12-8(13)3-1-4(9(14)15)6(7-11(18)19)5(2-3)10(16)17/h1-2,7H. The summed E-state index contributed by atoms with van der Waals surface area (Å²) in [4.78, 5) is 38.6. The maximum Gasteiger partial charge on any atom is 0.312 e. The molecule has 1 aromatic rings. The Balaban J connectivity index is 3.64. The van der Waals surface area contributed by atoms with Crippen LogP contribution in [0.4, 0.5) is 22.7 Å². The van der Waals surface area contributed by atoms with Gasteiger partial charge in [-0.3, -0.25) is 30.3 Å².